The largest absolute Gasteiger partial charge is 0.129 e. The van der Waals surface area contributed by atoms with Crippen molar-refractivity contribution in [1.82, 2.24) is 0 Å². The van der Waals surface area contributed by atoms with Crippen LogP contribution in [0.5, 0.6) is 0 Å². The van der Waals surface area contributed by atoms with Crippen LogP contribution in [-0.4, -0.2) is 16.1 Å². The SMILES string of the molecule is C[Si](C)(C)C#CC(C#C[Si](C)(C)C)=C1c2cccc3ccc4cccc1c4c23. The van der Waals surface area contributed by atoms with Gasteiger partial charge in [-0.3, -0.25) is 0 Å². The van der Waals surface area contributed by atoms with Crippen molar-refractivity contribution in [3.63, 3.8) is 0 Å². The van der Waals surface area contributed by atoms with Gasteiger partial charge in [-0.05, 0) is 32.7 Å². The molecule has 0 saturated carbocycles. The Morgan fingerprint density at radius 1 is 0.607 bits per heavy atom. The average molecular weight is 395 g/mol. The summed E-state index contributed by atoms with van der Waals surface area (Å²) in [5, 5.41) is 5.30. The third-order valence-corrected chi connectivity index (χ3v) is 6.55. The Morgan fingerprint density at radius 2 is 1.04 bits per heavy atom. The van der Waals surface area contributed by atoms with Crippen molar-refractivity contribution in [3.8, 4) is 22.9 Å². The molecule has 2 heteroatoms. The van der Waals surface area contributed by atoms with E-state index in [-0.39, 0.29) is 0 Å². The molecule has 0 saturated heterocycles. The molecule has 0 aromatic heterocycles. The van der Waals surface area contributed by atoms with Crippen molar-refractivity contribution in [2.24, 2.45) is 0 Å². The normalized spacial score (nSPS) is 12.7. The Hall–Kier alpha value is -2.53. The van der Waals surface area contributed by atoms with E-state index < -0.39 is 16.1 Å². The van der Waals surface area contributed by atoms with Gasteiger partial charge >= 0.3 is 0 Å². The maximum atomic E-state index is 3.57. The molecule has 0 bridgehead atoms. The van der Waals surface area contributed by atoms with Gasteiger partial charge in [0.15, 0.2) is 0 Å². The van der Waals surface area contributed by atoms with Gasteiger partial charge in [-0.1, -0.05) is 99.7 Å². The summed E-state index contributed by atoms with van der Waals surface area (Å²) in [6.07, 6.45) is 0. The smallest absolute Gasteiger partial charge is 0.126 e. The van der Waals surface area contributed by atoms with E-state index in [0.717, 1.165) is 5.57 Å². The Morgan fingerprint density at radius 3 is 1.43 bits per heavy atom. The molecule has 3 aromatic carbocycles. The summed E-state index contributed by atoms with van der Waals surface area (Å²) >= 11 is 0. The summed E-state index contributed by atoms with van der Waals surface area (Å²) in [7, 11) is -3.01. The lowest BCUT2D eigenvalue weighted by Gasteiger charge is -2.08. The lowest BCUT2D eigenvalue weighted by Crippen LogP contribution is -2.17. The zero-order valence-corrected chi connectivity index (χ0v) is 19.6. The molecule has 0 nitrogen and oxygen atoms in total. The number of allylic oxidation sites excluding steroid dienone is 1. The van der Waals surface area contributed by atoms with Crippen LogP contribution in [0.4, 0.5) is 0 Å². The van der Waals surface area contributed by atoms with Gasteiger partial charge in [-0.2, -0.15) is 0 Å². The molecule has 1 aliphatic rings. The fourth-order valence-electron chi connectivity index (χ4n) is 3.64. The van der Waals surface area contributed by atoms with Crippen LogP contribution >= 0.6 is 0 Å². The number of rotatable bonds is 0. The zero-order valence-electron chi connectivity index (χ0n) is 17.6. The molecular formula is C26H26Si2. The van der Waals surface area contributed by atoms with E-state index in [1.54, 1.807) is 0 Å². The van der Waals surface area contributed by atoms with E-state index in [9.17, 15) is 0 Å². The van der Waals surface area contributed by atoms with Crippen LogP contribution in [0.3, 0.4) is 0 Å². The molecule has 138 valence electrons. The topological polar surface area (TPSA) is 0 Å². The third kappa shape index (κ3) is 3.47. The van der Waals surface area contributed by atoms with Crippen molar-refractivity contribution in [2.45, 2.75) is 39.3 Å². The highest BCUT2D eigenvalue weighted by Crippen LogP contribution is 2.45. The van der Waals surface area contributed by atoms with Gasteiger partial charge in [0.25, 0.3) is 0 Å². The van der Waals surface area contributed by atoms with E-state index in [0.29, 0.717) is 0 Å². The second kappa shape index (κ2) is 6.52. The Balaban J connectivity index is 2.12. The van der Waals surface area contributed by atoms with Crippen LogP contribution in [0.25, 0.3) is 27.1 Å². The van der Waals surface area contributed by atoms with Crippen LogP contribution in [0.15, 0.2) is 54.1 Å². The summed E-state index contributed by atoms with van der Waals surface area (Å²) < 4.78 is 0. The molecular weight excluding hydrogens is 368 g/mol. The van der Waals surface area contributed by atoms with Crippen LogP contribution in [-0.2, 0) is 0 Å². The maximum Gasteiger partial charge on any atom is 0.129 e. The standard InChI is InChI=1S/C26H26Si2/c1-27(2,3)17-15-21(16-18-28(4,5)6)24-22-11-7-9-19-13-14-20-10-8-12-23(24)26(20)25(19)22/h7-14H,1-6H3. The quantitative estimate of drug-likeness (QED) is 0.173. The van der Waals surface area contributed by atoms with E-state index in [1.807, 2.05) is 0 Å². The molecule has 1 aliphatic carbocycles. The van der Waals surface area contributed by atoms with Crippen LogP contribution in [0.2, 0.25) is 39.3 Å². The Labute approximate surface area is 170 Å². The van der Waals surface area contributed by atoms with Gasteiger partial charge in [0, 0.05) is 5.57 Å². The summed E-state index contributed by atoms with van der Waals surface area (Å²) in [6, 6.07) is 17.7. The first-order valence-electron chi connectivity index (χ1n) is 9.90. The van der Waals surface area contributed by atoms with Crippen LogP contribution < -0.4 is 0 Å². The van der Waals surface area contributed by atoms with Crippen molar-refractivity contribution < 1.29 is 0 Å². The first-order valence-corrected chi connectivity index (χ1v) is 16.9. The highest BCUT2D eigenvalue weighted by Gasteiger charge is 2.24. The molecule has 0 radical (unpaired) electrons. The van der Waals surface area contributed by atoms with Gasteiger partial charge < -0.3 is 0 Å². The predicted molar refractivity (Wildman–Crippen MR) is 130 cm³/mol. The zero-order chi connectivity index (χ0) is 20.1. The molecule has 0 heterocycles. The van der Waals surface area contributed by atoms with E-state index in [4.69, 9.17) is 0 Å². The average Bonchev–Trinajstić information content (AvgIpc) is 2.95. The van der Waals surface area contributed by atoms with Crippen molar-refractivity contribution in [2.75, 3.05) is 0 Å². The van der Waals surface area contributed by atoms with Crippen LogP contribution in [0.1, 0.15) is 11.1 Å². The van der Waals surface area contributed by atoms with Gasteiger partial charge in [0.2, 0.25) is 0 Å². The van der Waals surface area contributed by atoms with Gasteiger partial charge in [-0.25, -0.2) is 0 Å². The van der Waals surface area contributed by atoms with Crippen molar-refractivity contribution in [3.05, 3.63) is 65.2 Å². The third-order valence-electron chi connectivity index (χ3n) is 4.80. The molecule has 0 aliphatic heterocycles. The molecule has 0 atom stereocenters. The minimum atomic E-state index is -1.50. The summed E-state index contributed by atoms with van der Waals surface area (Å²) in [5.74, 6) is 7.07. The first-order chi connectivity index (χ1) is 13.1. The van der Waals surface area contributed by atoms with Crippen molar-refractivity contribution in [1.29, 1.82) is 0 Å². The van der Waals surface area contributed by atoms with E-state index in [1.165, 1.54) is 38.2 Å². The molecule has 0 unspecified atom stereocenters. The highest BCUT2D eigenvalue weighted by atomic mass is 28.3. The molecule has 0 N–H and O–H groups in total. The minimum Gasteiger partial charge on any atom is -0.126 e. The van der Waals surface area contributed by atoms with Gasteiger partial charge in [0.1, 0.15) is 16.1 Å². The highest BCUT2D eigenvalue weighted by molar-refractivity contribution is 6.84. The molecule has 0 spiro atoms. The predicted octanol–water partition coefficient (Wildman–Crippen LogP) is 6.87. The fourth-order valence-corrected chi connectivity index (χ4v) is 4.64. The van der Waals surface area contributed by atoms with Gasteiger partial charge in [-0.15, -0.1) is 11.1 Å². The number of hydrogen-bond donors (Lipinski definition) is 0. The second-order valence-corrected chi connectivity index (χ2v) is 19.1. The Kier molecular flexibility index (Phi) is 4.38. The fraction of sp³-hybridized carbons (Fsp3) is 0.231. The van der Waals surface area contributed by atoms with Crippen molar-refractivity contribution >= 4 is 43.3 Å². The number of benzene rings is 3. The van der Waals surface area contributed by atoms with Gasteiger partial charge in [0.05, 0.1) is 5.57 Å². The monoisotopic (exact) mass is 394 g/mol. The maximum absolute atomic E-state index is 3.57. The molecule has 28 heavy (non-hydrogen) atoms. The van der Waals surface area contributed by atoms with Crippen LogP contribution in [0, 0.1) is 22.9 Å². The number of hydrogen-bond acceptors (Lipinski definition) is 0. The lowest BCUT2D eigenvalue weighted by molar-refractivity contribution is 1.67. The first kappa shape index (κ1) is 18.8. The van der Waals surface area contributed by atoms with E-state index in [2.05, 4.69) is 111 Å². The van der Waals surface area contributed by atoms with E-state index >= 15 is 0 Å². The molecule has 0 fully saturated rings. The Bertz CT molecular complexity index is 1170. The summed E-state index contributed by atoms with van der Waals surface area (Å²) in [4.78, 5) is 0. The minimum absolute atomic E-state index is 1.00. The summed E-state index contributed by atoms with van der Waals surface area (Å²) in [6.45, 7) is 13.7. The lowest BCUT2D eigenvalue weighted by atomic mass is 9.98. The molecule has 0 amide bonds. The summed E-state index contributed by atoms with van der Waals surface area (Å²) in [5.41, 5.74) is 11.9. The molecule has 4 rings (SSSR count). The molecule has 3 aromatic rings. The second-order valence-electron chi connectivity index (χ2n) is 9.62.